The number of halogens is 2. The molecule has 1 aliphatic carbocycles. The molecule has 0 unspecified atom stereocenters. The minimum Gasteiger partial charge on any atom is -0.478 e. The highest BCUT2D eigenvalue weighted by Crippen LogP contribution is 2.42. The van der Waals surface area contributed by atoms with Crippen LogP contribution in [0.2, 0.25) is 10.0 Å². The van der Waals surface area contributed by atoms with E-state index in [2.05, 4.69) is 4.98 Å². The zero-order chi connectivity index (χ0) is 14.3. The first kappa shape index (κ1) is 13.4. The number of carboxylic acids is 1. The Morgan fingerprint density at radius 1 is 1.20 bits per heavy atom. The summed E-state index contributed by atoms with van der Waals surface area (Å²) in [7, 11) is 0. The lowest BCUT2D eigenvalue weighted by molar-refractivity contribution is 0.0695. The van der Waals surface area contributed by atoms with Gasteiger partial charge in [-0.3, -0.25) is 4.98 Å². The lowest BCUT2D eigenvalue weighted by atomic mass is 10.1. The van der Waals surface area contributed by atoms with Gasteiger partial charge in [0.1, 0.15) is 0 Å². The Balaban J connectivity index is 2.13. The van der Waals surface area contributed by atoms with Crippen molar-refractivity contribution in [3.63, 3.8) is 0 Å². The summed E-state index contributed by atoms with van der Waals surface area (Å²) in [6, 6.07) is 8.60. The summed E-state index contributed by atoms with van der Waals surface area (Å²) >= 11 is 12.2. The fraction of sp³-hybridized carbons (Fsp3) is 0.200. The van der Waals surface area contributed by atoms with Gasteiger partial charge in [0, 0.05) is 11.5 Å². The molecule has 20 heavy (non-hydrogen) atoms. The average molecular weight is 308 g/mol. The highest BCUT2D eigenvalue weighted by molar-refractivity contribution is 6.43. The molecule has 2 aromatic rings. The highest BCUT2D eigenvalue weighted by Gasteiger charge is 2.30. The second kappa shape index (κ2) is 5.08. The third-order valence-electron chi connectivity index (χ3n) is 3.35. The van der Waals surface area contributed by atoms with Gasteiger partial charge in [-0.05, 0) is 31.0 Å². The van der Waals surface area contributed by atoms with Crippen molar-refractivity contribution in [3.05, 3.63) is 51.6 Å². The summed E-state index contributed by atoms with van der Waals surface area (Å²) in [6.45, 7) is 0. The molecule has 1 aromatic carbocycles. The molecule has 1 heterocycles. The van der Waals surface area contributed by atoms with E-state index in [1.165, 1.54) is 0 Å². The van der Waals surface area contributed by atoms with Gasteiger partial charge in [0.15, 0.2) is 0 Å². The molecule has 102 valence electrons. The van der Waals surface area contributed by atoms with Crippen LogP contribution in [0, 0.1) is 0 Å². The van der Waals surface area contributed by atoms with Crippen LogP contribution in [0.5, 0.6) is 0 Å². The monoisotopic (exact) mass is 307 g/mol. The summed E-state index contributed by atoms with van der Waals surface area (Å²) < 4.78 is 0. The zero-order valence-corrected chi connectivity index (χ0v) is 11.9. The van der Waals surface area contributed by atoms with Gasteiger partial charge in [-0.1, -0.05) is 35.3 Å². The fourth-order valence-corrected chi connectivity index (χ4v) is 2.57. The molecule has 0 aliphatic heterocycles. The molecule has 1 aliphatic rings. The minimum absolute atomic E-state index is 0.249. The normalized spacial score (nSPS) is 14.3. The number of aromatic nitrogens is 1. The molecule has 1 aromatic heterocycles. The molecule has 0 saturated heterocycles. The Hall–Kier alpha value is -1.58. The molecule has 0 bridgehead atoms. The minimum atomic E-state index is -0.942. The van der Waals surface area contributed by atoms with Gasteiger partial charge in [-0.2, -0.15) is 0 Å². The Labute approximate surface area is 126 Å². The van der Waals surface area contributed by atoms with Gasteiger partial charge >= 0.3 is 5.97 Å². The third kappa shape index (κ3) is 2.39. The van der Waals surface area contributed by atoms with Crippen molar-refractivity contribution in [3.8, 4) is 11.3 Å². The van der Waals surface area contributed by atoms with Crippen LogP contribution < -0.4 is 0 Å². The number of benzene rings is 1. The number of carbonyl (C=O) groups is 1. The summed E-state index contributed by atoms with van der Waals surface area (Å²) in [6.07, 6.45) is 1.97. The van der Waals surface area contributed by atoms with Gasteiger partial charge in [0.25, 0.3) is 0 Å². The van der Waals surface area contributed by atoms with Crippen molar-refractivity contribution in [1.82, 2.24) is 4.98 Å². The Morgan fingerprint density at radius 2 is 1.95 bits per heavy atom. The maximum absolute atomic E-state index is 11.2. The molecule has 0 radical (unpaired) electrons. The lowest BCUT2D eigenvalue weighted by Gasteiger charge is -2.09. The first-order valence-electron chi connectivity index (χ1n) is 6.26. The van der Waals surface area contributed by atoms with Crippen molar-refractivity contribution in [2.45, 2.75) is 18.8 Å². The third-order valence-corrected chi connectivity index (χ3v) is 4.17. The Bertz CT molecular complexity index is 696. The van der Waals surface area contributed by atoms with Crippen molar-refractivity contribution in [2.75, 3.05) is 0 Å². The van der Waals surface area contributed by atoms with Crippen LogP contribution in [0.15, 0.2) is 30.3 Å². The van der Waals surface area contributed by atoms with E-state index in [0.717, 1.165) is 18.4 Å². The molecule has 0 atom stereocenters. The van der Waals surface area contributed by atoms with Gasteiger partial charge < -0.3 is 5.11 Å². The van der Waals surface area contributed by atoms with E-state index in [1.807, 2.05) is 6.07 Å². The first-order chi connectivity index (χ1) is 9.58. The average Bonchev–Trinajstić information content (AvgIpc) is 3.25. The fourth-order valence-electron chi connectivity index (χ4n) is 2.18. The standard InChI is InChI=1S/C15H11Cl2NO2/c16-11-3-1-2-9(13(11)17)12-7-6-10(15(19)20)14(18-12)8-4-5-8/h1-3,6-8H,4-5H2,(H,19,20). The summed E-state index contributed by atoms with van der Waals surface area (Å²) in [5.41, 5.74) is 2.29. The van der Waals surface area contributed by atoms with Crippen LogP contribution in [0.4, 0.5) is 0 Å². The van der Waals surface area contributed by atoms with Gasteiger partial charge in [0.2, 0.25) is 0 Å². The number of carboxylic acid groups (broad SMARTS) is 1. The second-order valence-electron chi connectivity index (χ2n) is 4.81. The largest absolute Gasteiger partial charge is 0.478 e. The van der Waals surface area contributed by atoms with Crippen LogP contribution in [0.3, 0.4) is 0 Å². The first-order valence-corrected chi connectivity index (χ1v) is 7.02. The van der Waals surface area contributed by atoms with Crippen LogP contribution >= 0.6 is 23.2 Å². The highest BCUT2D eigenvalue weighted by atomic mass is 35.5. The van der Waals surface area contributed by atoms with Crippen molar-refractivity contribution >= 4 is 29.2 Å². The molecule has 3 nitrogen and oxygen atoms in total. The molecule has 3 rings (SSSR count). The number of aromatic carboxylic acids is 1. The molecule has 1 N–H and O–H groups in total. The summed E-state index contributed by atoms with van der Waals surface area (Å²) in [5, 5.41) is 10.1. The number of pyridine rings is 1. The second-order valence-corrected chi connectivity index (χ2v) is 5.60. The Morgan fingerprint density at radius 3 is 2.60 bits per heavy atom. The summed E-state index contributed by atoms with van der Waals surface area (Å²) in [5.74, 6) is -0.692. The molecular formula is C15H11Cl2NO2. The molecular weight excluding hydrogens is 297 g/mol. The van der Waals surface area contributed by atoms with Crippen molar-refractivity contribution in [1.29, 1.82) is 0 Å². The molecule has 5 heteroatoms. The maximum Gasteiger partial charge on any atom is 0.337 e. The van der Waals surface area contributed by atoms with E-state index in [9.17, 15) is 9.90 Å². The van der Waals surface area contributed by atoms with E-state index in [1.54, 1.807) is 24.3 Å². The van der Waals surface area contributed by atoms with Gasteiger partial charge in [-0.25, -0.2) is 4.79 Å². The van der Waals surface area contributed by atoms with Crippen molar-refractivity contribution < 1.29 is 9.90 Å². The molecule has 1 fully saturated rings. The SMILES string of the molecule is O=C(O)c1ccc(-c2cccc(Cl)c2Cl)nc1C1CC1. The van der Waals surface area contributed by atoms with E-state index < -0.39 is 5.97 Å². The van der Waals surface area contributed by atoms with Crippen LogP contribution in [-0.4, -0.2) is 16.1 Å². The number of nitrogens with zero attached hydrogens (tertiary/aromatic N) is 1. The molecule has 1 saturated carbocycles. The number of hydrogen-bond acceptors (Lipinski definition) is 2. The number of rotatable bonds is 3. The topological polar surface area (TPSA) is 50.2 Å². The van der Waals surface area contributed by atoms with E-state index in [-0.39, 0.29) is 11.5 Å². The van der Waals surface area contributed by atoms with E-state index >= 15 is 0 Å². The quantitative estimate of drug-likeness (QED) is 0.899. The van der Waals surface area contributed by atoms with E-state index in [0.29, 0.717) is 21.4 Å². The predicted octanol–water partition coefficient (Wildman–Crippen LogP) is 4.63. The maximum atomic E-state index is 11.2. The summed E-state index contributed by atoms with van der Waals surface area (Å²) in [4.78, 5) is 15.7. The van der Waals surface area contributed by atoms with Gasteiger partial charge in [0.05, 0.1) is 27.0 Å². The van der Waals surface area contributed by atoms with Crippen LogP contribution in [0.1, 0.15) is 34.8 Å². The predicted molar refractivity (Wildman–Crippen MR) is 78.6 cm³/mol. The van der Waals surface area contributed by atoms with Crippen LogP contribution in [0.25, 0.3) is 11.3 Å². The Kier molecular flexibility index (Phi) is 3.40. The lowest BCUT2D eigenvalue weighted by Crippen LogP contribution is -2.04. The van der Waals surface area contributed by atoms with Gasteiger partial charge in [-0.15, -0.1) is 0 Å². The smallest absolute Gasteiger partial charge is 0.337 e. The zero-order valence-electron chi connectivity index (χ0n) is 10.4. The number of hydrogen-bond donors (Lipinski definition) is 1. The van der Waals surface area contributed by atoms with E-state index in [4.69, 9.17) is 23.2 Å². The van der Waals surface area contributed by atoms with Crippen LogP contribution in [-0.2, 0) is 0 Å². The molecule has 0 amide bonds. The molecule has 0 spiro atoms. The van der Waals surface area contributed by atoms with Crippen molar-refractivity contribution in [2.24, 2.45) is 0 Å².